The monoisotopic (exact) mass is 431 g/mol. The first kappa shape index (κ1) is 18.9. The van der Waals surface area contributed by atoms with Gasteiger partial charge in [0.2, 0.25) is 0 Å². The summed E-state index contributed by atoms with van der Waals surface area (Å²) in [5, 5.41) is 12.4. The molecule has 6 rings (SSSR count). The molecule has 5 heterocycles. The molecule has 0 saturated carbocycles. The quantitative estimate of drug-likeness (QED) is 0.371. The maximum absolute atomic E-state index is 12.5. The van der Waals surface area contributed by atoms with E-state index >= 15 is 0 Å². The number of fused-ring (bicyclic) bond motifs is 2. The molecule has 0 aliphatic rings. The molecule has 0 unspecified atom stereocenters. The molecule has 5 aromatic heterocycles. The van der Waals surface area contributed by atoms with Crippen molar-refractivity contribution in [3.63, 3.8) is 0 Å². The summed E-state index contributed by atoms with van der Waals surface area (Å²) in [5.74, 6) is -0.192. The Bertz CT molecular complexity index is 1590. The van der Waals surface area contributed by atoms with Crippen molar-refractivity contribution in [1.29, 1.82) is 0 Å². The van der Waals surface area contributed by atoms with Crippen molar-refractivity contribution in [2.75, 3.05) is 5.32 Å². The third-order valence-electron chi connectivity index (χ3n) is 5.42. The maximum atomic E-state index is 12.5. The number of benzene rings is 1. The van der Waals surface area contributed by atoms with Crippen LogP contribution in [0.2, 0.25) is 0 Å². The predicted octanol–water partition coefficient (Wildman–Crippen LogP) is 4.82. The summed E-state index contributed by atoms with van der Waals surface area (Å²) in [7, 11) is 0. The van der Waals surface area contributed by atoms with Gasteiger partial charge < -0.3 is 10.3 Å². The minimum absolute atomic E-state index is 0.192. The third kappa shape index (κ3) is 3.49. The van der Waals surface area contributed by atoms with Crippen LogP contribution in [0.1, 0.15) is 10.4 Å². The minimum Gasteiger partial charge on any atom is -0.338 e. The van der Waals surface area contributed by atoms with Gasteiger partial charge in [-0.25, -0.2) is 4.98 Å². The zero-order valence-corrected chi connectivity index (χ0v) is 17.3. The number of amides is 1. The molecule has 33 heavy (non-hydrogen) atoms. The van der Waals surface area contributed by atoms with Gasteiger partial charge in [-0.2, -0.15) is 5.10 Å². The van der Waals surface area contributed by atoms with Crippen molar-refractivity contribution in [1.82, 2.24) is 30.1 Å². The maximum Gasteiger partial charge on any atom is 0.255 e. The Morgan fingerprint density at radius 1 is 0.909 bits per heavy atom. The van der Waals surface area contributed by atoms with Crippen LogP contribution in [0.3, 0.4) is 0 Å². The zero-order valence-electron chi connectivity index (χ0n) is 17.3. The number of nitrogens with zero attached hydrogens (tertiary/aromatic N) is 4. The number of aromatic nitrogens is 6. The Balaban J connectivity index is 1.36. The van der Waals surface area contributed by atoms with Crippen LogP contribution in [0, 0.1) is 0 Å². The first-order valence-corrected chi connectivity index (χ1v) is 10.3. The van der Waals surface area contributed by atoms with Crippen LogP contribution < -0.4 is 5.32 Å². The van der Waals surface area contributed by atoms with E-state index in [9.17, 15) is 4.79 Å². The van der Waals surface area contributed by atoms with Gasteiger partial charge in [-0.15, -0.1) is 0 Å². The highest BCUT2D eigenvalue weighted by molar-refractivity contribution is 6.04. The van der Waals surface area contributed by atoms with Gasteiger partial charge >= 0.3 is 0 Å². The van der Waals surface area contributed by atoms with Crippen molar-refractivity contribution in [2.24, 2.45) is 0 Å². The summed E-state index contributed by atoms with van der Waals surface area (Å²) in [5.41, 5.74) is 5.97. The fourth-order valence-electron chi connectivity index (χ4n) is 3.81. The van der Waals surface area contributed by atoms with Gasteiger partial charge in [0.1, 0.15) is 11.3 Å². The van der Waals surface area contributed by atoms with Gasteiger partial charge in [0, 0.05) is 34.3 Å². The van der Waals surface area contributed by atoms with Gasteiger partial charge in [0.05, 0.1) is 35.0 Å². The zero-order chi connectivity index (χ0) is 22.2. The highest BCUT2D eigenvalue weighted by Crippen LogP contribution is 2.30. The normalized spacial score (nSPS) is 11.2. The number of rotatable bonds is 4. The van der Waals surface area contributed by atoms with Crippen LogP contribution in [0.5, 0.6) is 0 Å². The Morgan fingerprint density at radius 3 is 2.70 bits per heavy atom. The average molecular weight is 431 g/mol. The second kappa shape index (κ2) is 7.69. The molecule has 0 aliphatic carbocycles. The molecule has 0 bridgehead atoms. The molecule has 0 spiro atoms. The predicted molar refractivity (Wildman–Crippen MR) is 127 cm³/mol. The molecule has 0 atom stereocenters. The minimum atomic E-state index is -0.192. The second-order valence-electron chi connectivity index (χ2n) is 7.59. The lowest BCUT2D eigenvalue weighted by atomic mass is 10.1. The van der Waals surface area contributed by atoms with Gasteiger partial charge in [-0.1, -0.05) is 18.2 Å². The highest BCUT2D eigenvalue weighted by Gasteiger charge is 2.14. The largest absolute Gasteiger partial charge is 0.338 e. The number of H-pyrrole nitrogens is 2. The first-order chi connectivity index (χ1) is 16.2. The highest BCUT2D eigenvalue weighted by atomic mass is 16.1. The molecule has 0 aliphatic heterocycles. The lowest BCUT2D eigenvalue weighted by Gasteiger charge is -2.07. The molecule has 6 aromatic rings. The Hall–Kier alpha value is -4.85. The molecule has 3 N–H and O–H groups in total. The van der Waals surface area contributed by atoms with Gasteiger partial charge in [-0.05, 0) is 42.5 Å². The van der Waals surface area contributed by atoms with E-state index < -0.39 is 0 Å². The van der Waals surface area contributed by atoms with Gasteiger partial charge in [0.15, 0.2) is 0 Å². The van der Waals surface area contributed by atoms with Crippen LogP contribution in [-0.2, 0) is 0 Å². The molecule has 8 nitrogen and oxygen atoms in total. The molecule has 0 saturated heterocycles. The summed E-state index contributed by atoms with van der Waals surface area (Å²) in [6, 6.07) is 18.8. The van der Waals surface area contributed by atoms with E-state index in [0.717, 1.165) is 44.6 Å². The summed E-state index contributed by atoms with van der Waals surface area (Å²) in [6.07, 6.45) is 6.84. The first-order valence-electron chi connectivity index (χ1n) is 10.3. The standard InChI is InChI=1S/C25H17N7O/c33-25(15-5-2-1-3-6-15)29-18-9-17(12-26-13-18)20-11-19-22(14-28-20)31-32-23(19)21-10-16-7-4-8-27-24(16)30-21/h1-14H,(H,27,30)(H,29,33)(H,31,32). The van der Waals surface area contributed by atoms with E-state index in [4.69, 9.17) is 0 Å². The second-order valence-corrected chi connectivity index (χ2v) is 7.59. The molecule has 0 fully saturated rings. The van der Waals surface area contributed by atoms with Crippen LogP contribution in [0.15, 0.2) is 85.5 Å². The van der Waals surface area contributed by atoms with Crippen LogP contribution >= 0.6 is 0 Å². The van der Waals surface area contributed by atoms with E-state index in [0.29, 0.717) is 11.3 Å². The fraction of sp³-hybridized carbons (Fsp3) is 0. The Morgan fingerprint density at radius 2 is 1.82 bits per heavy atom. The molecular formula is C25H17N7O. The summed E-state index contributed by atoms with van der Waals surface area (Å²) < 4.78 is 0. The number of pyridine rings is 3. The molecule has 8 heteroatoms. The van der Waals surface area contributed by atoms with Crippen molar-refractivity contribution in [3.8, 4) is 22.6 Å². The smallest absolute Gasteiger partial charge is 0.255 e. The Labute approximate surface area is 187 Å². The van der Waals surface area contributed by atoms with Gasteiger partial charge in [0.25, 0.3) is 5.91 Å². The average Bonchev–Trinajstić information content (AvgIpc) is 3.48. The summed E-state index contributed by atoms with van der Waals surface area (Å²) in [6.45, 7) is 0. The lowest BCUT2D eigenvalue weighted by molar-refractivity contribution is 0.102. The van der Waals surface area contributed by atoms with E-state index in [1.54, 1.807) is 36.9 Å². The topological polar surface area (TPSA) is 112 Å². The molecule has 158 valence electrons. The van der Waals surface area contributed by atoms with E-state index in [1.165, 1.54) is 0 Å². The van der Waals surface area contributed by atoms with E-state index in [2.05, 4.69) is 35.5 Å². The number of hydrogen-bond acceptors (Lipinski definition) is 5. The number of anilines is 1. The van der Waals surface area contributed by atoms with Crippen molar-refractivity contribution in [2.45, 2.75) is 0 Å². The van der Waals surface area contributed by atoms with Gasteiger partial charge in [-0.3, -0.25) is 19.9 Å². The van der Waals surface area contributed by atoms with Crippen molar-refractivity contribution in [3.05, 3.63) is 91.0 Å². The molecular weight excluding hydrogens is 414 g/mol. The van der Waals surface area contributed by atoms with E-state index in [1.807, 2.05) is 48.5 Å². The van der Waals surface area contributed by atoms with Crippen LogP contribution in [0.4, 0.5) is 5.69 Å². The van der Waals surface area contributed by atoms with Crippen LogP contribution in [0.25, 0.3) is 44.6 Å². The summed E-state index contributed by atoms with van der Waals surface area (Å²) in [4.78, 5) is 29.0. The SMILES string of the molecule is O=C(Nc1cncc(-c2cc3c(-c4cc5cccnc5[nH]4)n[nH]c3cn2)c1)c1ccccc1. The molecule has 0 radical (unpaired) electrons. The number of nitrogens with one attached hydrogen (secondary N) is 3. The molecule has 1 amide bonds. The van der Waals surface area contributed by atoms with Crippen LogP contribution in [-0.4, -0.2) is 36.0 Å². The third-order valence-corrected chi connectivity index (χ3v) is 5.42. The molecule has 1 aromatic carbocycles. The van der Waals surface area contributed by atoms with Crippen molar-refractivity contribution >= 4 is 33.5 Å². The number of aromatic amines is 2. The van der Waals surface area contributed by atoms with E-state index in [-0.39, 0.29) is 5.91 Å². The fourth-order valence-corrected chi connectivity index (χ4v) is 3.81. The lowest BCUT2D eigenvalue weighted by Crippen LogP contribution is -2.11. The number of carbonyl (C=O) groups excluding carboxylic acids is 1. The van der Waals surface area contributed by atoms with Crippen molar-refractivity contribution < 1.29 is 4.79 Å². The number of carbonyl (C=O) groups is 1. The summed E-state index contributed by atoms with van der Waals surface area (Å²) >= 11 is 0. The Kier molecular flexibility index (Phi) is 4.40. The number of hydrogen-bond donors (Lipinski definition) is 3.